The van der Waals surface area contributed by atoms with Crippen LogP contribution < -0.4 is 11.1 Å². The quantitative estimate of drug-likeness (QED) is 0.442. The average molecular weight is 258 g/mol. The number of carbonyl (C=O) groups is 1. The average Bonchev–Trinajstić information content (AvgIpc) is 2.19. The molecule has 0 atom stereocenters. The first-order valence-electron chi connectivity index (χ1n) is 5.52. The molecular weight excluding hydrogens is 235 g/mol. The monoisotopic (exact) mass is 258 g/mol. The van der Waals surface area contributed by atoms with Crippen LogP contribution in [0.3, 0.4) is 0 Å². The van der Waals surface area contributed by atoms with Gasteiger partial charge in [0, 0.05) is 6.04 Å². The van der Waals surface area contributed by atoms with Crippen LogP contribution in [0.25, 0.3) is 0 Å². The summed E-state index contributed by atoms with van der Waals surface area (Å²) >= 11 is 0. The fraction of sp³-hybridized carbons (Fsp3) is 0.900. The number of hydrogen-bond acceptors (Lipinski definition) is 3. The van der Waals surface area contributed by atoms with Gasteiger partial charge in [0.25, 0.3) is 0 Å². The Labute approximate surface area is 140 Å². The second-order valence-corrected chi connectivity index (χ2v) is 3.71. The van der Waals surface area contributed by atoms with Crippen molar-refractivity contribution in [1.82, 2.24) is 5.32 Å². The van der Waals surface area contributed by atoms with E-state index in [1.165, 1.54) is 32.1 Å². The maximum absolute atomic E-state index is 8.56. The Kier molecular flexibility index (Phi) is 16.6. The van der Waals surface area contributed by atoms with Crippen molar-refractivity contribution in [1.29, 1.82) is 0 Å². The van der Waals surface area contributed by atoms with Gasteiger partial charge in [0.05, 0.1) is 0 Å². The van der Waals surface area contributed by atoms with E-state index in [0.29, 0.717) is 0 Å². The van der Waals surface area contributed by atoms with Crippen LogP contribution >= 0.6 is 0 Å². The molecule has 0 bridgehead atoms. The second-order valence-electron chi connectivity index (χ2n) is 3.71. The molecule has 5 nitrogen and oxygen atoms in total. The summed E-state index contributed by atoms with van der Waals surface area (Å²) in [4.78, 5) is 8.56. The SMILES string of the molecule is NCCCNC1CCCCC1.O=C(O)O.[KH]. The van der Waals surface area contributed by atoms with Crippen LogP contribution in [0.1, 0.15) is 38.5 Å². The molecule has 0 heterocycles. The molecule has 1 aliphatic carbocycles. The molecule has 0 aromatic heterocycles. The van der Waals surface area contributed by atoms with Crippen LogP contribution in [0.5, 0.6) is 0 Å². The first-order chi connectivity index (χ1) is 7.16. The van der Waals surface area contributed by atoms with Gasteiger partial charge >= 0.3 is 57.5 Å². The summed E-state index contributed by atoms with van der Waals surface area (Å²) in [5.74, 6) is 0. The summed E-state index contributed by atoms with van der Waals surface area (Å²) in [5.41, 5.74) is 5.40. The van der Waals surface area contributed by atoms with Crippen molar-refractivity contribution in [2.45, 2.75) is 44.6 Å². The Morgan fingerprint density at radius 1 is 1.25 bits per heavy atom. The zero-order chi connectivity index (χ0) is 11.5. The fourth-order valence-electron chi connectivity index (χ4n) is 1.71. The van der Waals surface area contributed by atoms with Gasteiger partial charge in [0.2, 0.25) is 0 Å². The van der Waals surface area contributed by atoms with Gasteiger partial charge < -0.3 is 21.3 Å². The van der Waals surface area contributed by atoms with Gasteiger partial charge in [-0.15, -0.1) is 0 Å². The summed E-state index contributed by atoms with van der Waals surface area (Å²) < 4.78 is 0. The van der Waals surface area contributed by atoms with Crippen LogP contribution in [-0.2, 0) is 0 Å². The van der Waals surface area contributed by atoms with Crippen molar-refractivity contribution in [2.24, 2.45) is 5.73 Å². The van der Waals surface area contributed by atoms with E-state index in [1.54, 1.807) is 0 Å². The molecule has 0 radical (unpaired) electrons. The number of nitrogens with one attached hydrogen (secondary N) is 1. The second kappa shape index (κ2) is 13.9. The molecule has 0 amide bonds. The van der Waals surface area contributed by atoms with E-state index in [9.17, 15) is 0 Å². The molecule has 0 aromatic rings. The third kappa shape index (κ3) is 14.8. The van der Waals surface area contributed by atoms with Crippen LogP contribution in [0.2, 0.25) is 0 Å². The van der Waals surface area contributed by atoms with E-state index in [-0.39, 0.29) is 51.4 Å². The Balaban J connectivity index is 0. The van der Waals surface area contributed by atoms with Gasteiger partial charge in [0.15, 0.2) is 0 Å². The van der Waals surface area contributed by atoms with Gasteiger partial charge in [-0.25, -0.2) is 4.79 Å². The molecule has 0 saturated heterocycles. The van der Waals surface area contributed by atoms with Gasteiger partial charge in [-0.05, 0) is 32.4 Å². The summed E-state index contributed by atoms with van der Waals surface area (Å²) in [6.07, 6.45) is 6.32. The molecule has 1 rings (SSSR count). The van der Waals surface area contributed by atoms with Crippen molar-refractivity contribution in [3.05, 3.63) is 0 Å². The van der Waals surface area contributed by atoms with Gasteiger partial charge in [-0.3, -0.25) is 0 Å². The molecule has 92 valence electrons. The molecule has 0 spiro atoms. The minimum absolute atomic E-state index is 0. The Morgan fingerprint density at radius 2 is 1.75 bits per heavy atom. The van der Waals surface area contributed by atoms with Crippen molar-refractivity contribution >= 4 is 57.5 Å². The Morgan fingerprint density at radius 3 is 2.19 bits per heavy atom. The molecule has 5 N–H and O–H groups in total. The molecule has 1 saturated carbocycles. The molecule has 1 fully saturated rings. The van der Waals surface area contributed by atoms with Crippen LogP contribution in [0.4, 0.5) is 4.79 Å². The standard InChI is InChI=1S/C9H20N2.CH2O3.K.H/c10-7-4-8-11-9-5-2-1-3-6-9;2-1(3)4;;/h9,11H,1-8,10H2;(H2,2,3,4);;. The summed E-state index contributed by atoms with van der Waals surface area (Å²) in [5, 5.41) is 17.5. The van der Waals surface area contributed by atoms with Crippen LogP contribution in [0.15, 0.2) is 0 Å². The minimum atomic E-state index is -1.83. The number of hydrogen-bond donors (Lipinski definition) is 4. The van der Waals surface area contributed by atoms with E-state index < -0.39 is 6.16 Å². The fourth-order valence-corrected chi connectivity index (χ4v) is 1.71. The zero-order valence-electron chi connectivity index (χ0n) is 9.11. The van der Waals surface area contributed by atoms with Crippen LogP contribution in [0, 0.1) is 0 Å². The molecule has 0 aliphatic heterocycles. The predicted molar refractivity (Wildman–Crippen MR) is 66.3 cm³/mol. The van der Waals surface area contributed by atoms with E-state index in [0.717, 1.165) is 25.6 Å². The topological polar surface area (TPSA) is 95.6 Å². The van der Waals surface area contributed by atoms with Crippen molar-refractivity contribution in [3.63, 3.8) is 0 Å². The van der Waals surface area contributed by atoms with Crippen molar-refractivity contribution in [2.75, 3.05) is 13.1 Å². The molecule has 16 heavy (non-hydrogen) atoms. The molecule has 0 unspecified atom stereocenters. The van der Waals surface area contributed by atoms with Gasteiger partial charge in [-0.1, -0.05) is 19.3 Å². The van der Waals surface area contributed by atoms with Crippen molar-refractivity contribution < 1.29 is 15.0 Å². The first-order valence-corrected chi connectivity index (χ1v) is 5.52. The number of carboxylic acid groups (broad SMARTS) is 2. The van der Waals surface area contributed by atoms with Gasteiger partial charge in [-0.2, -0.15) is 0 Å². The third-order valence-electron chi connectivity index (χ3n) is 2.42. The normalized spacial score (nSPS) is 15.6. The molecule has 6 heteroatoms. The first kappa shape index (κ1) is 19.2. The van der Waals surface area contributed by atoms with Crippen LogP contribution in [-0.4, -0.2) is 86.9 Å². The number of rotatable bonds is 4. The van der Waals surface area contributed by atoms with E-state index in [2.05, 4.69) is 5.32 Å². The van der Waals surface area contributed by atoms with Crippen molar-refractivity contribution in [3.8, 4) is 0 Å². The predicted octanol–water partition coefficient (Wildman–Crippen LogP) is 0.831. The molecule has 1 aliphatic rings. The Bertz CT molecular complexity index is 160. The molecule has 0 aromatic carbocycles. The van der Waals surface area contributed by atoms with E-state index >= 15 is 0 Å². The van der Waals surface area contributed by atoms with E-state index in [1.807, 2.05) is 0 Å². The number of nitrogens with two attached hydrogens (primary N) is 1. The zero-order valence-corrected chi connectivity index (χ0v) is 9.11. The molecular formula is C10H23KN2O3. The Hall–Kier alpha value is 0.826. The maximum atomic E-state index is 8.56. The summed E-state index contributed by atoms with van der Waals surface area (Å²) in [7, 11) is 0. The third-order valence-corrected chi connectivity index (χ3v) is 2.42. The summed E-state index contributed by atoms with van der Waals surface area (Å²) in [6, 6.07) is 0.801. The van der Waals surface area contributed by atoms with Gasteiger partial charge in [0.1, 0.15) is 0 Å². The van der Waals surface area contributed by atoms with E-state index in [4.69, 9.17) is 20.7 Å². The summed E-state index contributed by atoms with van der Waals surface area (Å²) in [6.45, 7) is 1.93.